The number of rotatable bonds is 9. The van der Waals surface area contributed by atoms with Crippen molar-refractivity contribution in [3.63, 3.8) is 0 Å². The number of piperazine rings is 1. The maximum absolute atomic E-state index is 12.2. The Kier molecular flexibility index (Phi) is 7.76. The first-order chi connectivity index (χ1) is 14.2. The van der Waals surface area contributed by atoms with Crippen molar-refractivity contribution in [2.75, 3.05) is 56.7 Å². The molecule has 1 aliphatic rings. The fraction of sp³-hybridized carbons (Fsp3) is 0.435. The van der Waals surface area contributed by atoms with Crippen molar-refractivity contribution in [2.45, 2.75) is 19.8 Å². The summed E-state index contributed by atoms with van der Waals surface area (Å²) in [6.07, 6.45) is 1.06. The molecule has 1 fully saturated rings. The molecule has 1 aliphatic heterocycles. The zero-order valence-electron chi connectivity index (χ0n) is 17.4. The smallest absolute Gasteiger partial charge is 0.224 e. The highest BCUT2D eigenvalue weighted by atomic mass is 16.5. The van der Waals surface area contributed by atoms with Crippen molar-refractivity contribution in [1.82, 2.24) is 4.90 Å². The molecule has 6 nitrogen and oxygen atoms in total. The monoisotopic (exact) mass is 397 g/mol. The Hall–Kier alpha value is -2.73. The minimum Gasteiger partial charge on any atom is -0.490 e. The topological polar surface area (TPSA) is 54.0 Å². The Morgan fingerprint density at radius 3 is 2.28 bits per heavy atom. The Morgan fingerprint density at radius 2 is 1.62 bits per heavy atom. The van der Waals surface area contributed by atoms with Gasteiger partial charge in [-0.05, 0) is 56.8 Å². The van der Waals surface area contributed by atoms with Gasteiger partial charge in [0.15, 0.2) is 11.5 Å². The Balaban J connectivity index is 1.39. The lowest BCUT2D eigenvalue weighted by Crippen LogP contribution is -2.44. The number of carbonyl (C=O) groups is 1. The number of hydrogen-bond donors (Lipinski definition) is 1. The third kappa shape index (κ3) is 6.39. The number of nitrogens with zero attached hydrogens (tertiary/aromatic N) is 2. The molecule has 1 N–H and O–H groups in total. The van der Waals surface area contributed by atoms with E-state index in [4.69, 9.17) is 9.47 Å². The van der Waals surface area contributed by atoms with Crippen molar-refractivity contribution in [3.8, 4) is 11.5 Å². The van der Waals surface area contributed by atoms with E-state index in [1.165, 1.54) is 5.69 Å². The molecule has 0 unspecified atom stereocenters. The summed E-state index contributed by atoms with van der Waals surface area (Å²) in [6, 6.07) is 15.7. The van der Waals surface area contributed by atoms with E-state index in [9.17, 15) is 4.79 Å². The van der Waals surface area contributed by atoms with Crippen molar-refractivity contribution in [1.29, 1.82) is 0 Å². The van der Waals surface area contributed by atoms with Gasteiger partial charge in [-0.3, -0.25) is 4.79 Å². The molecular weight excluding hydrogens is 366 g/mol. The lowest BCUT2D eigenvalue weighted by Gasteiger charge is -2.34. The molecule has 2 aromatic rings. The highest BCUT2D eigenvalue weighted by Crippen LogP contribution is 2.26. The van der Waals surface area contributed by atoms with Crippen molar-refractivity contribution < 1.29 is 14.3 Å². The van der Waals surface area contributed by atoms with Crippen LogP contribution in [0.25, 0.3) is 0 Å². The van der Waals surface area contributed by atoms with Crippen molar-refractivity contribution in [2.24, 2.45) is 0 Å². The number of ether oxygens (including phenoxy) is 2. The first-order valence-electron chi connectivity index (χ1n) is 10.3. The van der Waals surface area contributed by atoms with Gasteiger partial charge in [-0.2, -0.15) is 0 Å². The summed E-state index contributed by atoms with van der Waals surface area (Å²) in [5, 5.41) is 2.96. The Labute approximate surface area is 173 Å². The molecular formula is C23H31N3O3. The van der Waals surface area contributed by atoms with E-state index < -0.39 is 0 Å². The van der Waals surface area contributed by atoms with E-state index in [-0.39, 0.29) is 5.91 Å². The number of carbonyl (C=O) groups excluding carboxylic acids is 1. The first kappa shape index (κ1) is 21.0. The average Bonchev–Trinajstić information content (AvgIpc) is 2.74. The second-order valence-corrected chi connectivity index (χ2v) is 7.22. The summed E-state index contributed by atoms with van der Waals surface area (Å²) in [7, 11) is 2.15. The van der Waals surface area contributed by atoms with Crippen LogP contribution in [0, 0.1) is 0 Å². The van der Waals surface area contributed by atoms with Crippen LogP contribution in [0.4, 0.5) is 11.4 Å². The largest absolute Gasteiger partial charge is 0.490 e. The quantitative estimate of drug-likeness (QED) is 0.655. The number of benzene rings is 2. The van der Waals surface area contributed by atoms with Crippen LogP contribution in [0.5, 0.6) is 11.5 Å². The number of likely N-dealkylation sites (N-methyl/N-ethyl adjacent to an activating group) is 1. The highest BCUT2D eigenvalue weighted by molar-refractivity contribution is 5.90. The molecule has 29 heavy (non-hydrogen) atoms. The third-order valence-corrected chi connectivity index (χ3v) is 4.97. The van der Waals surface area contributed by atoms with Crippen molar-refractivity contribution in [3.05, 3.63) is 48.5 Å². The lowest BCUT2D eigenvalue weighted by molar-refractivity contribution is -0.116. The second-order valence-electron chi connectivity index (χ2n) is 7.22. The van der Waals surface area contributed by atoms with E-state index in [0.29, 0.717) is 31.8 Å². The minimum atomic E-state index is -0.000888. The summed E-state index contributed by atoms with van der Waals surface area (Å²) < 4.78 is 11.3. The minimum absolute atomic E-state index is 0.000888. The van der Waals surface area contributed by atoms with E-state index in [1.807, 2.05) is 43.3 Å². The average molecular weight is 398 g/mol. The maximum Gasteiger partial charge on any atom is 0.224 e. The van der Waals surface area contributed by atoms with Gasteiger partial charge in [0.05, 0.1) is 13.2 Å². The predicted molar refractivity (Wildman–Crippen MR) is 117 cm³/mol. The van der Waals surface area contributed by atoms with Crippen LogP contribution >= 0.6 is 0 Å². The fourth-order valence-electron chi connectivity index (χ4n) is 3.30. The van der Waals surface area contributed by atoms with E-state index >= 15 is 0 Å². The van der Waals surface area contributed by atoms with Gasteiger partial charge in [0.25, 0.3) is 0 Å². The zero-order valence-corrected chi connectivity index (χ0v) is 17.4. The van der Waals surface area contributed by atoms with Crippen LogP contribution in [-0.2, 0) is 4.79 Å². The Bertz CT molecular complexity index is 771. The van der Waals surface area contributed by atoms with E-state index in [0.717, 1.165) is 37.6 Å². The number of hydrogen-bond acceptors (Lipinski definition) is 5. The summed E-state index contributed by atoms with van der Waals surface area (Å²) in [5.41, 5.74) is 2.04. The van der Waals surface area contributed by atoms with Crippen molar-refractivity contribution >= 4 is 17.3 Å². The molecule has 156 valence electrons. The number of nitrogens with one attached hydrogen (secondary N) is 1. The fourth-order valence-corrected chi connectivity index (χ4v) is 3.30. The summed E-state index contributed by atoms with van der Waals surface area (Å²) >= 11 is 0. The van der Waals surface area contributed by atoms with Crippen LogP contribution in [0.15, 0.2) is 48.5 Å². The number of para-hydroxylation sites is 2. The predicted octanol–water partition coefficient (Wildman–Crippen LogP) is 3.63. The first-order valence-corrected chi connectivity index (χ1v) is 10.3. The highest BCUT2D eigenvalue weighted by Gasteiger charge is 2.14. The standard InChI is InChI=1S/C23H31N3O3/c1-3-28-21-7-4-5-8-22(21)29-18-6-9-23(27)24-19-10-12-20(13-11-19)26-16-14-25(2)15-17-26/h4-5,7-8,10-13H,3,6,9,14-18H2,1-2H3,(H,24,27). The van der Waals surface area contributed by atoms with Gasteiger partial charge in [-0.25, -0.2) is 0 Å². The van der Waals surface area contributed by atoms with Gasteiger partial charge < -0.3 is 24.6 Å². The van der Waals surface area contributed by atoms with Gasteiger partial charge in [-0.1, -0.05) is 12.1 Å². The molecule has 0 saturated carbocycles. The van der Waals surface area contributed by atoms with Gasteiger partial charge >= 0.3 is 0 Å². The van der Waals surface area contributed by atoms with Crippen LogP contribution in [0.3, 0.4) is 0 Å². The van der Waals surface area contributed by atoms with E-state index in [1.54, 1.807) is 0 Å². The SMILES string of the molecule is CCOc1ccccc1OCCCC(=O)Nc1ccc(N2CCN(C)CC2)cc1. The van der Waals surface area contributed by atoms with Gasteiger partial charge in [-0.15, -0.1) is 0 Å². The van der Waals surface area contributed by atoms with Gasteiger partial charge in [0, 0.05) is 44.0 Å². The zero-order chi connectivity index (χ0) is 20.5. The van der Waals surface area contributed by atoms with Crippen LogP contribution in [0.2, 0.25) is 0 Å². The van der Waals surface area contributed by atoms with Gasteiger partial charge in [0.1, 0.15) is 0 Å². The molecule has 2 aromatic carbocycles. The third-order valence-electron chi connectivity index (χ3n) is 4.97. The van der Waals surface area contributed by atoms with Crippen LogP contribution in [-0.4, -0.2) is 57.2 Å². The molecule has 0 bridgehead atoms. The molecule has 1 amide bonds. The molecule has 1 heterocycles. The molecule has 0 aromatic heterocycles. The number of anilines is 2. The molecule has 0 atom stereocenters. The number of amides is 1. The van der Waals surface area contributed by atoms with Gasteiger partial charge in [0.2, 0.25) is 5.91 Å². The lowest BCUT2D eigenvalue weighted by atomic mass is 10.2. The molecule has 0 aliphatic carbocycles. The molecule has 0 spiro atoms. The Morgan fingerprint density at radius 1 is 0.966 bits per heavy atom. The van der Waals surface area contributed by atoms with Crippen LogP contribution < -0.4 is 19.7 Å². The summed E-state index contributed by atoms with van der Waals surface area (Å²) in [5.74, 6) is 1.45. The molecule has 0 radical (unpaired) electrons. The summed E-state index contributed by atoms with van der Waals surface area (Å²) in [4.78, 5) is 16.9. The molecule has 3 rings (SSSR count). The van der Waals surface area contributed by atoms with E-state index in [2.05, 4.69) is 34.3 Å². The maximum atomic E-state index is 12.2. The molecule has 1 saturated heterocycles. The van der Waals surface area contributed by atoms with Crippen LogP contribution in [0.1, 0.15) is 19.8 Å². The summed E-state index contributed by atoms with van der Waals surface area (Å²) in [6.45, 7) is 7.24. The second kappa shape index (κ2) is 10.7. The normalized spacial score (nSPS) is 14.5. The molecule has 6 heteroatoms.